The summed E-state index contributed by atoms with van der Waals surface area (Å²) in [4.78, 5) is 23.3. The maximum Gasteiger partial charge on any atom is 0.338 e. The molecule has 1 aliphatic rings. The molecule has 0 saturated heterocycles. The molecule has 0 spiro atoms. The lowest BCUT2D eigenvalue weighted by atomic mass is 10.1. The molecule has 2 aromatic rings. The van der Waals surface area contributed by atoms with Gasteiger partial charge in [0.25, 0.3) is 5.91 Å². The number of amides is 1. The van der Waals surface area contributed by atoms with Gasteiger partial charge in [-0.3, -0.25) is 4.79 Å². The molecular weight excluding hydrogens is 297 g/mol. The summed E-state index contributed by atoms with van der Waals surface area (Å²) in [7, 11) is 0. The highest BCUT2D eigenvalue weighted by Gasteiger charge is 2.32. The molecule has 0 fully saturated rings. The van der Waals surface area contributed by atoms with E-state index in [1.807, 2.05) is 0 Å². The third-order valence-corrected chi connectivity index (χ3v) is 4.57. The first kappa shape index (κ1) is 13.6. The number of aromatic carboxylic acids is 1. The van der Waals surface area contributed by atoms with E-state index in [0.29, 0.717) is 0 Å². The van der Waals surface area contributed by atoms with Gasteiger partial charge in [0, 0.05) is 17.2 Å². The smallest absolute Gasteiger partial charge is 0.338 e. The van der Waals surface area contributed by atoms with Crippen molar-refractivity contribution in [1.29, 1.82) is 0 Å². The molecular formula is C14H8FNO4S. The summed E-state index contributed by atoms with van der Waals surface area (Å²) < 4.78 is 26.3. The maximum absolute atomic E-state index is 13.8. The van der Waals surface area contributed by atoms with E-state index in [1.54, 1.807) is 12.1 Å². The highest BCUT2D eigenvalue weighted by Crippen LogP contribution is 2.35. The van der Waals surface area contributed by atoms with Gasteiger partial charge in [0.05, 0.1) is 16.8 Å². The first-order valence-corrected chi connectivity index (χ1v) is 7.03. The Hall–Kier alpha value is -2.38. The Morgan fingerprint density at radius 3 is 2.67 bits per heavy atom. The van der Waals surface area contributed by atoms with Gasteiger partial charge in [-0.05, 0) is 18.2 Å². The van der Waals surface area contributed by atoms with Crippen LogP contribution in [0.1, 0.15) is 20.7 Å². The quantitative estimate of drug-likeness (QED) is 0.791. The normalized spacial score (nSPS) is 16.5. The minimum atomic E-state index is -1.78. The van der Waals surface area contributed by atoms with Gasteiger partial charge >= 0.3 is 5.97 Å². The van der Waals surface area contributed by atoms with Gasteiger partial charge in [-0.2, -0.15) is 0 Å². The number of carboxylic acid groups (broad SMARTS) is 1. The second-order valence-corrected chi connectivity index (χ2v) is 5.77. The summed E-state index contributed by atoms with van der Waals surface area (Å²) in [5, 5.41) is 11.4. The number of hydrogen-bond acceptors (Lipinski definition) is 3. The number of fused-ring (bicyclic) bond motifs is 2. The summed E-state index contributed by atoms with van der Waals surface area (Å²) in [6, 6.07) is 8.13. The Kier molecular flexibility index (Phi) is 3.15. The summed E-state index contributed by atoms with van der Waals surface area (Å²) >= 11 is -1.78. The SMILES string of the molecule is O=C(O)c1cc2c(cc1F)[S+]([O-])c1ccccc1C(=O)N2. The van der Waals surface area contributed by atoms with Gasteiger partial charge in [0.15, 0.2) is 9.79 Å². The van der Waals surface area contributed by atoms with E-state index in [1.165, 1.54) is 12.1 Å². The van der Waals surface area contributed by atoms with Crippen molar-refractivity contribution >= 4 is 28.7 Å². The number of hydrogen-bond donors (Lipinski definition) is 2. The van der Waals surface area contributed by atoms with Crippen molar-refractivity contribution in [3.05, 3.63) is 53.3 Å². The average molecular weight is 305 g/mol. The zero-order chi connectivity index (χ0) is 15.1. The third kappa shape index (κ3) is 2.16. The molecule has 1 heterocycles. The largest absolute Gasteiger partial charge is 0.606 e. The van der Waals surface area contributed by atoms with Crippen LogP contribution in [-0.2, 0) is 11.2 Å². The topological polar surface area (TPSA) is 89.5 Å². The number of carboxylic acids is 1. The molecule has 0 bridgehead atoms. The minimum absolute atomic E-state index is 0.0355. The van der Waals surface area contributed by atoms with Crippen LogP contribution in [0.5, 0.6) is 0 Å². The van der Waals surface area contributed by atoms with Gasteiger partial charge in [0.1, 0.15) is 5.82 Å². The van der Waals surface area contributed by atoms with Crippen molar-refractivity contribution in [3.8, 4) is 0 Å². The lowest BCUT2D eigenvalue weighted by molar-refractivity contribution is 0.0691. The Morgan fingerprint density at radius 1 is 1.24 bits per heavy atom. The molecule has 7 heteroatoms. The molecule has 1 atom stereocenters. The van der Waals surface area contributed by atoms with Crippen LogP contribution in [0, 0.1) is 5.82 Å². The van der Waals surface area contributed by atoms with Gasteiger partial charge < -0.3 is 15.0 Å². The Labute approximate surface area is 121 Å². The molecule has 0 aromatic heterocycles. The minimum Gasteiger partial charge on any atom is -0.606 e. The van der Waals surface area contributed by atoms with E-state index in [9.17, 15) is 18.5 Å². The number of anilines is 1. The highest BCUT2D eigenvalue weighted by atomic mass is 32.2. The maximum atomic E-state index is 13.8. The molecule has 2 N–H and O–H groups in total. The van der Waals surface area contributed by atoms with Crippen LogP contribution in [-0.4, -0.2) is 21.5 Å². The fraction of sp³-hybridized carbons (Fsp3) is 0. The molecule has 2 aromatic carbocycles. The van der Waals surface area contributed by atoms with Gasteiger partial charge in [-0.15, -0.1) is 0 Å². The Balaban J connectivity index is 2.24. The highest BCUT2D eigenvalue weighted by molar-refractivity contribution is 7.91. The number of nitrogens with one attached hydrogen (secondary N) is 1. The van der Waals surface area contributed by atoms with E-state index in [-0.39, 0.29) is 21.0 Å². The van der Waals surface area contributed by atoms with E-state index >= 15 is 0 Å². The average Bonchev–Trinajstić information content (AvgIpc) is 2.56. The van der Waals surface area contributed by atoms with Crippen molar-refractivity contribution in [3.63, 3.8) is 0 Å². The second-order valence-electron chi connectivity index (χ2n) is 4.35. The predicted octanol–water partition coefficient (Wildman–Crippen LogP) is 2.26. The Bertz CT molecular complexity index is 778. The van der Waals surface area contributed by atoms with Crippen molar-refractivity contribution in [1.82, 2.24) is 0 Å². The van der Waals surface area contributed by atoms with E-state index < -0.39 is 34.4 Å². The van der Waals surface area contributed by atoms with Crippen molar-refractivity contribution in [2.24, 2.45) is 0 Å². The first-order valence-electron chi connectivity index (χ1n) is 5.88. The number of rotatable bonds is 1. The molecule has 1 amide bonds. The molecule has 0 saturated carbocycles. The van der Waals surface area contributed by atoms with Gasteiger partial charge in [-0.25, -0.2) is 9.18 Å². The van der Waals surface area contributed by atoms with Crippen LogP contribution in [0.3, 0.4) is 0 Å². The first-order chi connectivity index (χ1) is 9.99. The molecule has 5 nitrogen and oxygen atoms in total. The van der Waals surface area contributed by atoms with Crippen LogP contribution in [0.2, 0.25) is 0 Å². The summed E-state index contributed by atoms with van der Waals surface area (Å²) in [6.07, 6.45) is 0. The molecule has 0 aliphatic carbocycles. The van der Waals surface area contributed by atoms with Crippen molar-refractivity contribution < 1.29 is 23.6 Å². The van der Waals surface area contributed by atoms with E-state index in [4.69, 9.17) is 5.11 Å². The van der Waals surface area contributed by atoms with Gasteiger partial charge in [-0.1, -0.05) is 12.1 Å². The molecule has 106 valence electrons. The van der Waals surface area contributed by atoms with E-state index in [0.717, 1.165) is 12.1 Å². The Morgan fingerprint density at radius 2 is 1.95 bits per heavy atom. The van der Waals surface area contributed by atoms with Crippen LogP contribution in [0.25, 0.3) is 0 Å². The summed E-state index contributed by atoms with van der Waals surface area (Å²) in [5.41, 5.74) is -0.338. The molecule has 21 heavy (non-hydrogen) atoms. The zero-order valence-corrected chi connectivity index (χ0v) is 11.2. The van der Waals surface area contributed by atoms with Crippen molar-refractivity contribution in [2.75, 3.05) is 5.32 Å². The fourth-order valence-electron chi connectivity index (χ4n) is 2.09. The number of halogens is 1. The fourth-order valence-corrected chi connectivity index (χ4v) is 3.41. The number of benzene rings is 2. The number of carbonyl (C=O) groups is 2. The van der Waals surface area contributed by atoms with Crippen LogP contribution in [0.4, 0.5) is 10.1 Å². The summed E-state index contributed by atoms with van der Waals surface area (Å²) in [6.45, 7) is 0. The molecule has 3 rings (SSSR count). The van der Waals surface area contributed by atoms with Crippen LogP contribution in [0.15, 0.2) is 46.2 Å². The molecule has 0 radical (unpaired) electrons. The summed E-state index contributed by atoms with van der Waals surface area (Å²) in [5.74, 6) is -2.97. The monoisotopic (exact) mass is 305 g/mol. The standard InChI is InChI=1S/C14H8FNO4S/c15-9-6-12-10(5-8(9)14(18)19)16-13(17)7-3-1-2-4-11(7)21(12)20/h1-6H,(H,16,17)(H,18,19). The lowest BCUT2D eigenvalue weighted by Crippen LogP contribution is -2.12. The van der Waals surface area contributed by atoms with Gasteiger partial charge in [0.2, 0.25) is 0 Å². The van der Waals surface area contributed by atoms with Crippen molar-refractivity contribution in [2.45, 2.75) is 9.79 Å². The van der Waals surface area contributed by atoms with Crippen LogP contribution >= 0.6 is 0 Å². The second kappa shape index (κ2) is 4.87. The predicted molar refractivity (Wildman–Crippen MR) is 72.4 cm³/mol. The molecule has 1 unspecified atom stereocenters. The third-order valence-electron chi connectivity index (χ3n) is 3.08. The van der Waals surface area contributed by atoms with E-state index in [2.05, 4.69) is 5.32 Å². The number of carbonyl (C=O) groups excluding carboxylic acids is 1. The lowest BCUT2D eigenvalue weighted by Gasteiger charge is -2.11. The zero-order valence-electron chi connectivity index (χ0n) is 10.4. The van der Waals surface area contributed by atoms with Crippen LogP contribution < -0.4 is 5.32 Å². The molecule has 1 aliphatic heterocycles.